The van der Waals surface area contributed by atoms with Crippen molar-refractivity contribution in [3.8, 4) is 5.75 Å². The van der Waals surface area contributed by atoms with Gasteiger partial charge in [0, 0.05) is 6.07 Å². The number of halogens is 2. The van der Waals surface area contributed by atoms with Crippen LogP contribution in [0.3, 0.4) is 0 Å². The van der Waals surface area contributed by atoms with Gasteiger partial charge in [0.2, 0.25) is 5.91 Å². The molecular weight excluding hydrogens is 404 g/mol. The Balaban J connectivity index is 1.54. The molecule has 1 fully saturated rings. The first-order valence-electron chi connectivity index (χ1n) is 8.38. The van der Waals surface area contributed by atoms with E-state index in [4.69, 9.17) is 9.84 Å². The Morgan fingerprint density at radius 1 is 1.24 bits per heavy atom. The molecule has 150 valence electrons. The lowest BCUT2D eigenvalue weighted by Gasteiger charge is -2.07. The number of nitrogens with one attached hydrogen (secondary N) is 1. The van der Waals surface area contributed by atoms with Crippen molar-refractivity contribution in [3.63, 3.8) is 0 Å². The highest BCUT2D eigenvalue weighted by molar-refractivity contribution is 8.15. The average molecular weight is 419 g/mol. The van der Waals surface area contributed by atoms with E-state index in [1.54, 1.807) is 24.3 Å². The first kappa shape index (κ1) is 20.5. The summed E-state index contributed by atoms with van der Waals surface area (Å²) in [6.07, 6.45) is 1.17. The summed E-state index contributed by atoms with van der Waals surface area (Å²) in [5, 5.41) is 18.5. The predicted octanol–water partition coefficient (Wildman–Crippen LogP) is 2.94. The van der Waals surface area contributed by atoms with Crippen molar-refractivity contribution in [1.29, 1.82) is 0 Å². The molecule has 0 saturated carbocycles. The van der Waals surface area contributed by atoms with Gasteiger partial charge in [-0.25, -0.2) is 8.78 Å². The van der Waals surface area contributed by atoms with E-state index in [1.807, 2.05) is 0 Å². The molecule has 2 aromatic rings. The molecule has 1 amide bonds. The lowest BCUT2D eigenvalue weighted by atomic mass is 10.1. The second kappa shape index (κ2) is 9.28. The lowest BCUT2D eigenvalue weighted by molar-refractivity contribution is -0.138. The van der Waals surface area contributed by atoms with Crippen molar-refractivity contribution >= 4 is 35.0 Å². The molecule has 3 rings (SSSR count). The van der Waals surface area contributed by atoms with Gasteiger partial charge < -0.3 is 15.2 Å². The fourth-order valence-electron chi connectivity index (χ4n) is 2.34. The van der Waals surface area contributed by atoms with E-state index >= 15 is 0 Å². The molecule has 1 atom stereocenters. The first-order valence-corrected chi connectivity index (χ1v) is 9.26. The molecule has 1 heterocycles. The number of carboxylic acid groups (broad SMARTS) is 1. The van der Waals surface area contributed by atoms with Gasteiger partial charge in [-0.05, 0) is 23.3 Å². The quantitative estimate of drug-likeness (QED) is 0.531. The average Bonchev–Trinajstić information content (AvgIpc) is 3.02. The number of thioether (sulfide) groups is 1. The Morgan fingerprint density at radius 3 is 2.72 bits per heavy atom. The first-order chi connectivity index (χ1) is 13.9. The molecular formula is C19H15F2N3O4S. The van der Waals surface area contributed by atoms with Gasteiger partial charge >= 0.3 is 5.97 Å². The van der Waals surface area contributed by atoms with Crippen molar-refractivity contribution in [2.45, 2.75) is 18.3 Å². The number of carbonyl (C=O) groups is 2. The molecule has 2 aromatic carbocycles. The maximum absolute atomic E-state index is 13.5. The molecule has 0 radical (unpaired) electrons. The Labute approximate surface area is 168 Å². The number of carboxylic acids is 1. The van der Waals surface area contributed by atoms with Crippen molar-refractivity contribution in [2.75, 3.05) is 0 Å². The maximum Gasteiger partial charge on any atom is 0.305 e. The van der Waals surface area contributed by atoms with Gasteiger partial charge in [-0.1, -0.05) is 36.0 Å². The predicted molar refractivity (Wildman–Crippen MR) is 104 cm³/mol. The number of aliphatic carboxylic acids is 1. The number of rotatable bonds is 7. The highest BCUT2D eigenvalue weighted by atomic mass is 32.2. The molecule has 1 saturated heterocycles. The Morgan fingerprint density at radius 2 is 2.00 bits per heavy atom. The Kier molecular flexibility index (Phi) is 6.55. The van der Waals surface area contributed by atoms with Gasteiger partial charge in [-0.3, -0.25) is 9.59 Å². The zero-order valence-corrected chi connectivity index (χ0v) is 15.7. The third-order valence-corrected chi connectivity index (χ3v) is 4.83. The standard InChI is InChI=1S/C19H15F2N3O4S/c20-13-5-6-14(21)15(7-13)28-10-12-3-1-11(2-4-12)9-22-24-19-23-18(27)16(29-19)8-17(25)26/h1-7,9,16H,8,10H2,(H,25,26)(H,23,24,27). The van der Waals surface area contributed by atoms with Crippen molar-refractivity contribution < 1.29 is 28.2 Å². The number of benzene rings is 2. The molecule has 0 aromatic heterocycles. The van der Waals surface area contributed by atoms with Crippen LogP contribution >= 0.6 is 11.8 Å². The van der Waals surface area contributed by atoms with Gasteiger partial charge in [-0.2, -0.15) is 5.10 Å². The number of amides is 1. The topological polar surface area (TPSA) is 100 Å². The third-order valence-electron chi connectivity index (χ3n) is 3.76. The molecule has 29 heavy (non-hydrogen) atoms. The Bertz CT molecular complexity index is 980. The molecule has 0 bridgehead atoms. The number of hydrogen-bond acceptors (Lipinski definition) is 6. The van der Waals surface area contributed by atoms with E-state index < -0.39 is 28.8 Å². The van der Waals surface area contributed by atoms with Crippen LogP contribution < -0.4 is 10.1 Å². The summed E-state index contributed by atoms with van der Waals surface area (Å²) in [5.41, 5.74) is 1.46. The zero-order chi connectivity index (χ0) is 20.8. The molecule has 1 unspecified atom stereocenters. The smallest absolute Gasteiger partial charge is 0.305 e. The van der Waals surface area contributed by atoms with Crippen molar-refractivity contribution in [3.05, 3.63) is 65.2 Å². The summed E-state index contributed by atoms with van der Waals surface area (Å²) in [7, 11) is 0. The maximum atomic E-state index is 13.5. The van der Waals surface area contributed by atoms with Gasteiger partial charge in [-0.15, -0.1) is 5.10 Å². The number of hydrogen-bond donors (Lipinski definition) is 2. The molecule has 7 nitrogen and oxygen atoms in total. The monoisotopic (exact) mass is 419 g/mol. The van der Waals surface area contributed by atoms with E-state index in [9.17, 15) is 18.4 Å². The van der Waals surface area contributed by atoms with E-state index in [1.165, 1.54) is 6.21 Å². The summed E-state index contributed by atoms with van der Waals surface area (Å²) < 4.78 is 32.0. The molecule has 10 heteroatoms. The SMILES string of the molecule is O=C(O)CC1SC(=NN=Cc2ccc(COc3cc(F)ccc3F)cc2)NC1=O. The van der Waals surface area contributed by atoms with Crippen LogP contribution in [-0.4, -0.2) is 33.6 Å². The summed E-state index contributed by atoms with van der Waals surface area (Å²) in [6, 6.07) is 9.94. The lowest BCUT2D eigenvalue weighted by Crippen LogP contribution is -2.26. The van der Waals surface area contributed by atoms with Crippen LogP contribution in [0.25, 0.3) is 0 Å². The molecule has 0 spiro atoms. The summed E-state index contributed by atoms with van der Waals surface area (Å²) in [4.78, 5) is 22.3. The summed E-state index contributed by atoms with van der Waals surface area (Å²) >= 11 is 1.01. The number of carbonyl (C=O) groups excluding carboxylic acids is 1. The van der Waals surface area contributed by atoms with Crippen LogP contribution in [0.2, 0.25) is 0 Å². The van der Waals surface area contributed by atoms with Crippen LogP contribution in [0, 0.1) is 11.6 Å². The fourth-order valence-corrected chi connectivity index (χ4v) is 3.26. The van der Waals surface area contributed by atoms with Gasteiger partial charge in [0.1, 0.15) is 17.7 Å². The minimum absolute atomic E-state index is 0.0632. The number of ether oxygens (including phenoxy) is 1. The van der Waals surface area contributed by atoms with E-state index in [0.717, 1.165) is 35.5 Å². The molecule has 1 aliphatic heterocycles. The summed E-state index contributed by atoms with van der Waals surface area (Å²) in [6.45, 7) is 0.0632. The number of nitrogens with zero attached hydrogens (tertiary/aromatic N) is 2. The van der Waals surface area contributed by atoms with E-state index in [2.05, 4.69) is 15.5 Å². The molecule has 1 aliphatic rings. The third kappa shape index (κ3) is 5.85. The fraction of sp³-hybridized carbons (Fsp3) is 0.158. The highest BCUT2D eigenvalue weighted by Crippen LogP contribution is 2.22. The second-order valence-electron chi connectivity index (χ2n) is 5.95. The number of amidine groups is 1. The largest absolute Gasteiger partial charge is 0.486 e. The van der Waals surface area contributed by atoms with Crippen LogP contribution in [0.1, 0.15) is 17.5 Å². The van der Waals surface area contributed by atoms with Crippen molar-refractivity contribution in [2.24, 2.45) is 10.2 Å². The van der Waals surface area contributed by atoms with Crippen molar-refractivity contribution in [1.82, 2.24) is 5.32 Å². The second-order valence-corrected chi connectivity index (χ2v) is 7.14. The minimum Gasteiger partial charge on any atom is -0.486 e. The van der Waals surface area contributed by atoms with Crippen LogP contribution in [0.15, 0.2) is 52.7 Å². The zero-order valence-electron chi connectivity index (χ0n) is 14.8. The van der Waals surface area contributed by atoms with E-state index in [0.29, 0.717) is 5.56 Å². The van der Waals surface area contributed by atoms with Gasteiger partial charge in [0.05, 0.1) is 12.6 Å². The molecule has 0 aliphatic carbocycles. The van der Waals surface area contributed by atoms with Crippen LogP contribution in [-0.2, 0) is 16.2 Å². The van der Waals surface area contributed by atoms with Gasteiger partial charge in [0.15, 0.2) is 16.7 Å². The van der Waals surface area contributed by atoms with E-state index in [-0.39, 0.29) is 23.9 Å². The van der Waals surface area contributed by atoms with Crippen LogP contribution in [0.5, 0.6) is 5.75 Å². The molecule has 2 N–H and O–H groups in total. The Hall–Kier alpha value is -3.27. The minimum atomic E-state index is -1.06. The normalized spacial score (nSPS) is 17.7. The van der Waals surface area contributed by atoms with Crippen LogP contribution in [0.4, 0.5) is 8.78 Å². The summed E-state index contributed by atoms with van der Waals surface area (Å²) in [5.74, 6) is -2.86. The highest BCUT2D eigenvalue weighted by Gasteiger charge is 2.32. The van der Waals surface area contributed by atoms with Gasteiger partial charge in [0.25, 0.3) is 0 Å².